The third kappa shape index (κ3) is 20.8. The number of nitrogens with zero attached hydrogens (tertiary/aromatic N) is 11. The van der Waals surface area contributed by atoms with Crippen molar-refractivity contribution in [2.75, 3.05) is 59.2 Å². The van der Waals surface area contributed by atoms with Crippen LogP contribution in [0.25, 0.3) is 42.8 Å². The second-order valence-corrected chi connectivity index (χ2v) is 21.8. The highest BCUT2D eigenvalue weighted by atomic mass is 35.5. The Morgan fingerprint density at radius 2 is 1.03 bits per heavy atom. The molecule has 12 rings (SSSR count). The van der Waals surface area contributed by atoms with Crippen molar-refractivity contribution in [3.63, 3.8) is 0 Å². The zero-order chi connectivity index (χ0) is 66.8. The second kappa shape index (κ2) is 35.6. The van der Waals surface area contributed by atoms with E-state index in [-0.39, 0.29) is 60.0 Å². The van der Waals surface area contributed by atoms with E-state index in [0.29, 0.717) is 88.8 Å². The lowest BCUT2D eigenvalue weighted by molar-refractivity contribution is -0.384. The van der Waals surface area contributed by atoms with Gasteiger partial charge in [0.05, 0.1) is 68.2 Å². The second-order valence-electron chi connectivity index (χ2n) is 18.9. The summed E-state index contributed by atoms with van der Waals surface area (Å²) >= 11 is 13.6. The number of hydrogen-bond donors (Lipinski definition) is 10. The molecule has 4 aromatic carbocycles. The Bertz CT molecular complexity index is 4400. The maximum absolute atomic E-state index is 13.8. The number of nitrogen functional groups attached to an aromatic ring is 3. The molecule has 0 aliphatic heterocycles. The molecule has 0 amide bonds. The zero-order valence-electron chi connectivity index (χ0n) is 48.8. The van der Waals surface area contributed by atoms with Crippen LogP contribution in [0.2, 0.25) is 0 Å². The number of alkyl halides is 2. The molecule has 0 spiro atoms. The Hall–Kier alpha value is -9.99. The number of nitro benzene ring substituents is 1. The number of thiazole rings is 2. The van der Waals surface area contributed by atoms with E-state index >= 15 is 0 Å². The lowest BCUT2D eigenvalue weighted by atomic mass is 10.3. The van der Waals surface area contributed by atoms with Crippen LogP contribution in [0.1, 0.15) is 39.5 Å². The number of aryl methyl sites for hydroxylation is 1. The number of aromatic amines is 2. The van der Waals surface area contributed by atoms with E-state index < -0.39 is 33.9 Å². The third-order valence-corrected chi connectivity index (χ3v) is 14.8. The highest BCUT2D eigenvalue weighted by molar-refractivity contribution is 7.18. The molecule has 8 heterocycles. The predicted molar refractivity (Wildman–Crippen MR) is 349 cm³/mol. The number of pyridine rings is 2. The molecule has 0 radical (unpaired) electrons. The summed E-state index contributed by atoms with van der Waals surface area (Å²) in [5.41, 5.74) is 24.7. The fourth-order valence-corrected chi connectivity index (χ4v) is 10.1. The number of aliphatic carboxylic acids is 1. The van der Waals surface area contributed by atoms with Crippen LogP contribution in [-0.2, 0) is 43.6 Å². The Balaban J connectivity index is 0.000000174. The Labute approximate surface area is 542 Å². The normalized spacial score (nSPS) is 10.6. The Morgan fingerprint density at radius 1 is 0.559 bits per heavy atom. The van der Waals surface area contributed by atoms with Crippen molar-refractivity contribution in [1.82, 2.24) is 65.1 Å². The number of rotatable bonds is 19. The molecule has 0 aliphatic carbocycles. The van der Waals surface area contributed by atoms with Crippen molar-refractivity contribution in [3.8, 4) is 0 Å². The van der Waals surface area contributed by atoms with Gasteiger partial charge >= 0.3 is 5.97 Å². The van der Waals surface area contributed by atoms with Gasteiger partial charge in [0.25, 0.3) is 5.69 Å². The number of nitrogens with two attached hydrogens (primary N) is 4. The molecule has 486 valence electrons. The van der Waals surface area contributed by atoms with Crippen molar-refractivity contribution < 1.29 is 41.2 Å². The van der Waals surface area contributed by atoms with Crippen LogP contribution in [0.4, 0.5) is 60.7 Å². The summed E-state index contributed by atoms with van der Waals surface area (Å²) in [4.78, 5) is 69.1. The maximum Gasteiger partial charge on any atom is 0.304 e. The number of anilines is 5. The molecule has 12 aromatic rings. The molecule has 0 saturated carbocycles. The summed E-state index contributed by atoms with van der Waals surface area (Å²) < 4.78 is 79.1. The number of imidazole rings is 2. The van der Waals surface area contributed by atoms with Gasteiger partial charge in [-0.1, -0.05) is 46.9 Å². The van der Waals surface area contributed by atoms with Gasteiger partial charge < -0.3 is 54.0 Å². The van der Waals surface area contributed by atoms with Gasteiger partial charge in [0.1, 0.15) is 79.2 Å². The minimum atomic E-state index is -0.843. The van der Waals surface area contributed by atoms with Gasteiger partial charge in [-0.3, -0.25) is 24.9 Å². The number of carboxylic acids is 1. The van der Waals surface area contributed by atoms with Gasteiger partial charge in [0, 0.05) is 69.0 Å². The standard InChI is InChI=1S/C22H20F2N8S.C13H13FN6S.C9H8ClFN2.C6H5FN2O2.C6H7FN2.C3H5ClO2/c23-13-4-2-8-26-16(13)11-27-21-20-22(29-12-28-21)33-18(32-20)7-10-25-9-6-17-30-15-5-1-3-14(24)19(15)31-17;14-8-2-1-5-16-9(8)6-17-12-11-13(19-7-18-12)21-10(20-11)3-4-15;10-5-4-8-12-7-3-1-2-6(11)9(7)13-8;7-4-2-1-3-5(6(4)8)9(10)11;7-4-2-1-3-5(8)6(4)9;4-2-1-3(5)6/h1-5,8,12,25H,6-7,9-11H2,(H,30,31)(H,27,28,29);1-2,5,7H,3-4,6,15H2,(H,17,18,19);1-3H,4-5H2,(H,12,13);1-3H,8H2;1-3H,8-9H2;1-2H2,(H,5,6). The van der Waals surface area contributed by atoms with E-state index in [1.54, 1.807) is 48.8 Å². The molecule has 0 aliphatic rings. The first-order valence-electron chi connectivity index (χ1n) is 27.7. The molecule has 24 nitrogen and oxygen atoms in total. The molecule has 0 atom stereocenters. The number of halogens is 8. The number of fused-ring (bicyclic) bond motifs is 4. The molecule has 0 unspecified atom stereocenters. The first kappa shape index (κ1) is 70.5. The minimum absolute atomic E-state index is 0.0255. The van der Waals surface area contributed by atoms with Gasteiger partial charge in [-0.25, -0.2) is 66.2 Å². The first-order valence-corrected chi connectivity index (χ1v) is 30.4. The molecule has 0 saturated heterocycles. The fourth-order valence-electron chi connectivity index (χ4n) is 7.89. The van der Waals surface area contributed by atoms with Gasteiger partial charge in [-0.2, -0.15) is 0 Å². The number of carbonyl (C=O) groups is 1. The summed E-state index contributed by atoms with van der Waals surface area (Å²) in [6.45, 7) is 2.41. The number of hydrogen-bond acceptors (Lipinski definition) is 22. The quantitative estimate of drug-likeness (QED) is 0.00898. The number of para-hydroxylation sites is 4. The zero-order valence-corrected chi connectivity index (χ0v) is 51.9. The average molecular weight is 1360 g/mol. The van der Waals surface area contributed by atoms with E-state index in [2.05, 4.69) is 75.8 Å². The van der Waals surface area contributed by atoms with E-state index in [0.717, 1.165) is 61.9 Å². The fraction of sp³-hybridized carbons (Fsp3) is 0.203. The highest BCUT2D eigenvalue weighted by Crippen LogP contribution is 2.28. The largest absolute Gasteiger partial charge is 0.481 e. The van der Waals surface area contributed by atoms with Gasteiger partial charge in [0.15, 0.2) is 29.1 Å². The van der Waals surface area contributed by atoms with E-state index in [9.17, 15) is 41.3 Å². The van der Waals surface area contributed by atoms with Crippen molar-refractivity contribution >= 4 is 129 Å². The number of nitro groups is 1. The van der Waals surface area contributed by atoms with Crippen molar-refractivity contribution in [3.05, 3.63) is 200 Å². The number of H-pyrrole nitrogens is 2. The molecular formula is C59H58Cl2F6N20O4S2. The Morgan fingerprint density at radius 3 is 1.47 bits per heavy atom. The summed E-state index contributed by atoms with van der Waals surface area (Å²) in [6.07, 6.45) is 8.82. The van der Waals surface area contributed by atoms with E-state index in [1.807, 2.05) is 6.07 Å². The molecule has 34 heteroatoms. The SMILES string of the molecule is Fc1cccc2[nH]c(CCCl)nc12.Fc1cccnc1CNc1ncnc2sc(CCNCCc3nc4c(F)cccc4[nH]3)nc12.NCCc1nc2c(NCc3ncccc3F)ncnc2s1.Nc1c(F)cccc1[N+](=O)[O-].Nc1cccc(F)c1N.O=C(O)CCCl. The number of benzene rings is 4. The molecule has 93 heavy (non-hydrogen) atoms. The molecule has 8 aromatic heterocycles. The van der Waals surface area contributed by atoms with Crippen LogP contribution in [0, 0.1) is 45.0 Å². The summed E-state index contributed by atoms with van der Waals surface area (Å²) in [6, 6.07) is 23.4. The maximum atomic E-state index is 13.8. The number of carboxylic acid groups (broad SMARTS) is 1. The molecule has 14 N–H and O–H groups in total. The van der Waals surface area contributed by atoms with Gasteiger partial charge in [-0.05, 0) is 73.3 Å². The van der Waals surface area contributed by atoms with Crippen LogP contribution >= 0.6 is 45.9 Å². The average Bonchev–Trinajstić information content (AvgIpc) is 1.75. The Kier molecular flexibility index (Phi) is 27.0. The van der Waals surface area contributed by atoms with Crippen molar-refractivity contribution in [1.29, 1.82) is 0 Å². The summed E-state index contributed by atoms with van der Waals surface area (Å²) in [5, 5.41) is 29.3. The lowest BCUT2D eigenvalue weighted by Gasteiger charge is -2.05. The monoisotopic (exact) mass is 1360 g/mol. The van der Waals surface area contributed by atoms with Gasteiger partial charge in [0.2, 0.25) is 0 Å². The van der Waals surface area contributed by atoms with E-state index in [1.165, 1.54) is 77.8 Å². The van der Waals surface area contributed by atoms with Crippen LogP contribution in [0.5, 0.6) is 0 Å². The third-order valence-electron chi connectivity index (χ3n) is 12.4. The number of aromatic nitrogens is 12. The first-order chi connectivity index (χ1) is 44.9. The van der Waals surface area contributed by atoms with Crippen LogP contribution in [0.3, 0.4) is 0 Å². The highest BCUT2D eigenvalue weighted by Gasteiger charge is 2.16. The number of nitrogens with one attached hydrogen (secondary N) is 5. The van der Waals surface area contributed by atoms with E-state index in [4.69, 9.17) is 51.2 Å². The van der Waals surface area contributed by atoms with Crippen LogP contribution < -0.4 is 38.9 Å². The molecule has 0 bridgehead atoms. The topological polar surface area (TPSA) is 381 Å². The van der Waals surface area contributed by atoms with Crippen molar-refractivity contribution in [2.45, 2.75) is 45.2 Å². The smallest absolute Gasteiger partial charge is 0.304 e. The molecule has 0 fully saturated rings. The van der Waals surface area contributed by atoms with Crippen LogP contribution in [-0.4, -0.2) is 107 Å². The van der Waals surface area contributed by atoms with Crippen molar-refractivity contribution in [2.24, 2.45) is 5.73 Å². The lowest BCUT2D eigenvalue weighted by Crippen LogP contribution is -2.20. The predicted octanol–water partition coefficient (Wildman–Crippen LogP) is 10.8. The summed E-state index contributed by atoms with van der Waals surface area (Å²) in [5.74, 6) is -0.105. The van der Waals surface area contributed by atoms with Crippen LogP contribution in [0.15, 0.2) is 122 Å². The minimum Gasteiger partial charge on any atom is -0.481 e. The summed E-state index contributed by atoms with van der Waals surface area (Å²) in [7, 11) is 0. The van der Waals surface area contributed by atoms with Gasteiger partial charge in [-0.15, -0.1) is 23.2 Å². The molecular weight excluding hydrogens is 1300 g/mol.